The summed E-state index contributed by atoms with van der Waals surface area (Å²) in [4.78, 5) is 40.9. The number of aromatic nitrogens is 1. The highest BCUT2D eigenvalue weighted by molar-refractivity contribution is 8.00. The zero-order chi connectivity index (χ0) is 18.3. The van der Waals surface area contributed by atoms with Crippen molar-refractivity contribution in [3.63, 3.8) is 0 Å². The first-order chi connectivity index (χ1) is 11.8. The van der Waals surface area contributed by atoms with E-state index >= 15 is 0 Å². The van der Waals surface area contributed by atoms with E-state index in [-0.39, 0.29) is 16.5 Å². The van der Waals surface area contributed by atoms with E-state index in [1.807, 2.05) is 0 Å². The molecule has 132 valence electrons. The Hall–Kier alpha value is -2.37. The monoisotopic (exact) mass is 382 g/mol. The highest BCUT2D eigenvalue weighted by Gasteiger charge is 2.54. The third-order valence-corrected chi connectivity index (χ3v) is 5.81. The molecule has 2 unspecified atom stereocenters. The van der Waals surface area contributed by atoms with Gasteiger partial charge >= 0.3 is 5.97 Å². The van der Waals surface area contributed by atoms with Crippen LogP contribution < -0.4 is 11.1 Å². The molecule has 2 aliphatic rings. The number of aliphatic hydroxyl groups is 1. The highest BCUT2D eigenvalue weighted by atomic mass is 32.2. The number of hydrogen-bond acceptors (Lipinski definition) is 8. The van der Waals surface area contributed by atoms with Crippen molar-refractivity contribution in [2.24, 2.45) is 0 Å². The van der Waals surface area contributed by atoms with E-state index in [4.69, 9.17) is 5.73 Å². The first-order valence-corrected chi connectivity index (χ1v) is 9.01. The van der Waals surface area contributed by atoms with Gasteiger partial charge in [0.15, 0.2) is 11.2 Å². The number of carbonyl (C=O) groups excluding carboxylic acids is 2. The number of carbonyl (C=O) groups is 3. The van der Waals surface area contributed by atoms with Crippen molar-refractivity contribution in [2.75, 3.05) is 11.5 Å². The number of fused-ring (bicyclic) bond motifs is 1. The molecule has 0 spiro atoms. The molecule has 11 heteroatoms. The second kappa shape index (κ2) is 6.50. The summed E-state index contributed by atoms with van der Waals surface area (Å²) in [6.07, 6.45) is -0.148. The smallest absolute Gasteiger partial charge is 0.352 e. The Morgan fingerprint density at radius 2 is 2.28 bits per heavy atom. The van der Waals surface area contributed by atoms with Crippen LogP contribution in [0.4, 0.5) is 5.13 Å². The molecule has 3 rings (SSSR count). The molecule has 2 amide bonds. The summed E-state index contributed by atoms with van der Waals surface area (Å²) in [7, 11) is 0. The number of rotatable bonds is 5. The van der Waals surface area contributed by atoms with Crippen LogP contribution in [0.3, 0.4) is 0 Å². The van der Waals surface area contributed by atoms with E-state index in [2.05, 4.69) is 16.9 Å². The van der Waals surface area contributed by atoms with Crippen molar-refractivity contribution in [1.29, 1.82) is 0 Å². The molecule has 0 bridgehead atoms. The van der Waals surface area contributed by atoms with Gasteiger partial charge in [0, 0.05) is 11.1 Å². The SMILES string of the molecule is C=CC1=C(C(=O)O)N2C(=O)C(NC(=O)C(O)c3csc(N)n3)[C@@H]2SC1. The average Bonchev–Trinajstić information content (AvgIpc) is 3.03. The topological polar surface area (TPSA) is 146 Å². The third kappa shape index (κ3) is 2.90. The van der Waals surface area contributed by atoms with Gasteiger partial charge in [0.1, 0.15) is 17.1 Å². The number of β-lactam (4-membered cyclic amide) rings is 1. The normalized spacial score (nSPS) is 23.6. The molecule has 25 heavy (non-hydrogen) atoms. The highest BCUT2D eigenvalue weighted by Crippen LogP contribution is 2.40. The fraction of sp³-hybridized carbons (Fsp3) is 0.286. The number of nitrogens with one attached hydrogen (secondary N) is 1. The average molecular weight is 382 g/mol. The number of thioether (sulfide) groups is 1. The Labute approximate surface area is 150 Å². The van der Waals surface area contributed by atoms with E-state index in [1.165, 1.54) is 23.2 Å². The van der Waals surface area contributed by atoms with Crippen molar-refractivity contribution in [3.8, 4) is 0 Å². The number of carboxylic acid groups (broad SMARTS) is 1. The summed E-state index contributed by atoms with van der Waals surface area (Å²) in [5.41, 5.74) is 5.89. The molecule has 0 radical (unpaired) electrons. The molecule has 3 atom stereocenters. The minimum absolute atomic E-state index is 0.0972. The van der Waals surface area contributed by atoms with Crippen LogP contribution in [0.25, 0.3) is 0 Å². The fourth-order valence-electron chi connectivity index (χ4n) is 2.59. The predicted octanol–water partition coefficient (Wildman–Crippen LogP) is -0.317. The van der Waals surface area contributed by atoms with Gasteiger partial charge in [-0.25, -0.2) is 9.78 Å². The Bertz CT molecular complexity index is 805. The van der Waals surface area contributed by atoms with Gasteiger partial charge in [-0.05, 0) is 5.57 Å². The standard InChI is InChI=1S/C14H14N4O5S2/c1-2-5-3-24-12-7(11(21)18(12)8(5)13(22)23)17-10(20)9(19)6-4-25-14(15)16-6/h2,4,7,9,12,19H,1,3H2,(H2,15,16)(H,17,20)(H,22,23)/t7?,9?,12-/m0/s1. The predicted molar refractivity (Wildman–Crippen MR) is 91.4 cm³/mol. The quantitative estimate of drug-likeness (QED) is 0.507. The molecule has 1 fully saturated rings. The molecule has 2 aliphatic heterocycles. The van der Waals surface area contributed by atoms with Gasteiger partial charge in [-0.15, -0.1) is 23.1 Å². The Kier molecular flexibility index (Phi) is 4.54. The second-order valence-corrected chi connectivity index (χ2v) is 7.29. The Balaban J connectivity index is 1.73. The lowest BCUT2D eigenvalue weighted by atomic mass is 10.0. The summed E-state index contributed by atoms with van der Waals surface area (Å²) in [6.45, 7) is 3.56. The maximum Gasteiger partial charge on any atom is 0.352 e. The minimum Gasteiger partial charge on any atom is -0.477 e. The number of aliphatic carboxylic acids is 1. The van der Waals surface area contributed by atoms with Crippen LogP contribution in [-0.2, 0) is 14.4 Å². The minimum atomic E-state index is -1.55. The molecule has 5 N–H and O–H groups in total. The summed E-state index contributed by atoms with van der Waals surface area (Å²) >= 11 is 2.40. The van der Waals surface area contributed by atoms with Gasteiger partial charge in [-0.1, -0.05) is 12.7 Å². The number of anilines is 1. The van der Waals surface area contributed by atoms with E-state index in [9.17, 15) is 24.6 Å². The molecular weight excluding hydrogens is 368 g/mol. The van der Waals surface area contributed by atoms with E-state index < -0.39 is 35.3 Å². The van der Waals surface area contributed by atoms with Crippen LogP contribution in [0.2, 0.25) is 0 Å². The summed E-state index contributed by atoms with van der Waals surface area (Å²) < 4.78 is 0. The molecule has 1 aromatic rings. The number of nitrogens with zero attached hydrogens (tertiary/aromatic N) is 2. The number of aliphatic hydroxyl groups excluding tert-OH is 1. The molecule has 1 saturated heterocycles. The van der Waals surface area contributed by atoms with Gasteiger partial charge in [-0.3, -0.25) is 14.5 Å². The summed E-state index contributed by atoms with van der Waals surface area (Å²) in [5, 5.41) is 22.9. The molecule has 0 saturated carbocycles. The van der Waals surface area contributed by atoms with Gasteiger partial charge in [0.25, 0.3) is 11.8 Å². The summed E-state index contributed by atoms with van der Waals surface area (Å²) in [6, 6.07) is -0.913. The fourth-order valence-corrected chi connectivity index (χ4v) is 4.51. The lowest BCUT2D eigenvalue weighted by Crippen LogP contribution is -2.70. The van der Waals surface area contributed by atoms with Gasteiger partial charge in [-0.2, -0.15) is 0 Å². The number of hydrogen-bond donors (Lipinski definition) is 4. The zero-order valence-corrected chi connectivity index (χ0v) is 14.3. The van der Waals surface area contributed by atoms with Gasteiger partial charge < -0.3 is 21.3 Å². The second-order valence-electron chi connectivity index (χ2n) is 5.29. The number of amides is 2. The molecular formula is C14H14N4O5S2. The van der Waals surface area contributed by atoms with E-state index in [0.717, 1.165) is 16.2 Å². The van der Waals surface area contributed by atoms with Crippen molar-refractivity contribution in [1.82, 2.24) is 15.2 Å². The molecule has 1 aromatic heterocycles. The van der Waals surface area contributed by atoms with Crippen molar-refractivity contribution in [3.05, 3.63) is 35.0 Å². The van der Waals surface area contributed by atoms with Crippen molar-refractivity contribution in [2.45, 2.75) is 17.5 Å². The van der Waals surface area contributed by atoms with Crippen LogP contribution in [-0.4, -0.2) is 55.0 Å². The molecule has 3 heterocycles. The van der Waals surface area contributed by atoms with Crippen LogP contribution >= 0.6 is 23.1 Å². The third-order valence-electron chi connectivity index (χ3n) is 3.81. The van der Waals surface area contributed by atoms with Crippen molar-refractivity contribution >= 4 is 46.0 Å². The maximum atomic E-state index is 12.3. The lowest BCUT2D eigenvalue weighted by Gasteiger charge is -2.49. The zero-order valence-electron chi connectivity index (χ0n) is 12.7. The maximum absolute atomic E-state index is 12.3. The van der Waals surface area contributed by atoms with Crippen LogP contribution in [0.15, 0.2) is 29.3 Å². The van der Waals surface area contributed by atoms with E-state index in [1.54, 1.807) is 0 Å². The lowest BCUT2D eigenvalue weighted by molar-refractivity contribution is -0.151. The van der Waals surface area contributed by atoms with E-state index in [0.29, 0.717) is 11.3 Å². The number of allylic oxidation sites excluding steroid dienone is 1. The number of nitrogen functional groups attached to an aromatic ring is 1. The Morgan fingerprint density at radius 3 is 2.84 bits per heavy atom. The number of carboxylic acids is 1. The first-order valence-electron chi connectivity index (χ1n) is 7.08. The number of thiazole rings is 1. The molecule has 9 nitrogen and oxygen atoms in total. The van der Waals surface area contributed by atoms with Crippen LogP contribution in [0.1, 0.15) is 11.8 Å². The first kappa shape index (κ1) is 17.5. The Morgan fingerprint density at radius 1 is 1.56 bits per heavy atom. The van der Waals surface area contributed by atoms with Crippen molar-refractivity contribution < 1.29 is 24.6 Å². The molecule has 0 aromatic carbocycles. The van der Waals surface area contributed by atoms with Crippen LogP contribution in [0.5, 0.6) is 0 Å². The van der Waals surface area contributed by atoms with Gasteiger partial charge in [0.05, 0.1) is 5.69 Å². The molecule has 0 aliphatic carbocycles. The number of nitrogens with two attached hydrogens (primary N) is 1. The summed E-state index contributed by atoms with van der Waals surface area (Å²) in [5.74, 6) is -2.21. The van der Waals surface area contributed by atoms with Crippen LogP contribution in [0, 0.1) is 0 Å². The van der Waals surface area contributed by atoms with Gasteiger partial charge in [0.2, 0.25) is 0 Å². The largest absolute Gasteiger partial charge is 0.477 e.